The second-order valence-electron chi connectivity index (χ2n) is 4.72. The van der Waals surface area contributed by atoms with E-state index in [1.165, 1.54) is 12.1 Å². The lowest BCUT2D eigenvalue weighted by Gasteiger charge is -2.05. The number of alkyl halides is 3. The lowest BCUT2D eigenvalue weighted by atomic mass is 10.1. The molecule has 0 saturated carbocycles. The Morgan fingerprint density at radius 3 is 2.38 bits per heavy atom. The molecule has 0 bridgehead atoms. The normalized spacial score (nSPS) is 11.5. The molecule has 0 unspecified atom stereocenters. The van der Waals surface area contributed by atoms with Crippen LogP contribution in [0.3, 0.4) is 0 Å². The lowest BCUT2D eigenvalue weighted by molar-refractivity contribution is -0.159. The first-order valence-electron chi connectivity index (χ1n) is 6.66. The third kappa shape index (κ3) is 3.67. The van der Waals surface area contributed by atoms with Crippen LogP contribution in [0.25, 0.3) is 11.4 Å². The minimum Gasteiger partial charge on any atom is -0.473 e. The van der Waals surface area contributed by atoms with Gasteiger partial charge in [-0.3, -0.25) is 0 Å². The zero-order valence-electron chi connectivity index (χ0n) is 11.9. The molecule has 2 aromatic heterocycles. The van der Waals surface area contributed by atoms with Gasteiger partial charge in [-0.15, -0.1) is 0 Å². The fourth-order valence-corrected chi connectivity index (χ4v) is 1.81. The largest absolute Gasteiger partial charge is 0.473 e. The minimum atomic E-state index is -4.68. The number of halogens is 4. The Bertz CT molecular complexity index is 814. The van der Waals surface area contributed by atoms with Crippen molar-refractivity contribution < 1.29 is 26.8 Å². The van der Waals surface area contributed by atoms with Gasteiger partial charge in [0.25, 0.3) is 0 Å². The van der Waals surface area contributed by atoms with Gasteiger partial charge in [-0.05, 0) is 11.6 Å². The molecular formula is C15H9F4N3O2. The van der Waals surface area contributed by atoms with E-state index in [2.05, 4.69) is 19.6 Å². The van der Waals surface area contributed by atoms with Crippen LogP contribution in [0.2, 0.25) is 0 Å². The molecular weight excluding hydrogens is 330 g/mol. The van der Waals surface area contributed by atoms with Crippen LogP contribution in [0.5, 0.6) is 5.88 Å². The topological polar surface area (TPSA) is 61.0 Å². The Labute approximate surface area is 132 Å². The zero-order valence-corrected chi connectivity index (χ0v) is 11.9. The fourth-order valence-electron chi connectivity index (χ4n) is 1.81. The van der Waals surface area contributed by atoms with Crippen LogP contribution in [-0.4, -0.2) is 15.1 Å². The summed E-state index contributed by atoms with van der Waals surface area (Å²) < 4.78 is 59.5. The number of hydrogen-bond acceptors (Lipinski definition) is 5. The molecule has 0 N–H and O–H groups in total. The summed E-state index contributed by atoms with van der Waals surface area (Å²) in [6.45, 7) is 0.166. The number of benzene rings is 1. The van der Waals surface area contributed by atoms with Gasteiger partial charge >= 0.3 is 12.1 Å². The Morgan fingerprint density at radius 2 is 1.79 bits per heavy atom. The van der Waals surface area contributed by atoms with Crippen molar-refractivity contribution in [1.82, 2.24) is 15.1 Å². The Balaban J connectivity index is 1.67. The van der Waals surface area contributed by atoms with E-state index in [9.17, 15) is 17.6 Å². The Morgan fingerprint density at radius 1 is 1.04 bits per heavy atom. The molecule has 24 heavy (non-hydrogen) atoms. The van der Waals surface area contributed by atoms with Gasteiger partial charge < -0.3 is 9.26 Å². The molecule has 0 amide bonds. The van der Waals surface area contributed by atoms with Crippen molar-refractivity contribution >= 4 is 0 Å². The minimum absolute atomic E-state index is 0.157. The van der Waals surface area contributed by atoms with E-state index < -0.39 is 17.9 Å². The molecule has 0 saturated heterocycles. The van der Waals surface area contributed by atoms with E-state index in [-0.39, 0.29) is 18.3 Å². The highest BCUT2D eigenvalue weighted by molar-refractivity contribution is 5.54. The van der Waals surface area contributed by atoms with E-state index in [1.807, 2.05) is 0 Å². The van der Waals surface area contributed by atoms with Gasteiger partial charge in [0.2, 0.25) is 11.7 Å². The van der Waals surface area contributed by atoms with Gasteiger partial charge in [-0.25, -0.2) is 9.37 Å². The number of aromatic nitrogens is 3. The third-order valence-corrected chi connectivity index (χ3v) is 2.97. The van der Waals surface area contributed by atoms with Crippen LogP contribution >= 0.6 is 0 Å². The molecule has 124 valence electrons. The van der Waals surface area contributed by atoms with Crippen LogP contribution in [0, 0.1) is 5.82 Å². The van der Waals surface area contributed by atoms with Crippen molar-refractivity contribution in [3.8, 4) is 17.3 Å². The van der Waals surface area contributed by atoms with Crippen LogP contribution in [0.1, 0.15) is 11.5 Å². The van der Waals surface area contributed by atoms with Crippen LogP contribution in [-0.2, 0) is 12.8 Å². The van der Waals surface area contributed by atoms with Crippen molar-refractivity contribution in [1.29, 1.82) is 0 Å². The van der Waals surface area contributed by atoms with Crippen LogP contribution in [0.4, 0.5) is 17.6 Å². The highest BCUT2D eigenvalue weighted by atomic mass is 19.4. The standard InChI is InChI=1S/C15H9F4N3O2/c16-11-5-6-12(20-7-11)23-8-9-1-3-10(4-2-9)13-21-14(24-22-13)15(17,18)19/h1-7H,8H2. The summed E-state index contributed by atoms with van der Waals surface area (Å²) in [6, 6.07) is 8.98. The number of pyridine rings is 1. The highest BCUT2D eigenvalue weighted by Gasteiger charge is 2.38. The number of nitrogens with zero attached hydrogens (tertiary/aromatic N) is 3. The van der Waals surface area contributed by atoms with Gasteiger partial charge in [-0.1, -0.05) is 29.4 Å². The molecule has 3 aromatic rings. The molecule has 0 aliphatic rings. The van der Waals surface area contributed by atoms with Crippen molar-refractivity contribution in [3.05, 3.63) is 59.9 Å². The van der Waals surface area contributed by atoms with Crippen molar-refractivity contribution in [2.45, 2.75) is 12.8 Å². The Kier molecular flexibility index (Phi) is 4.15. The third-order valence-electron chi connectivity index (χ3n) is 2.97. The average molecular weight is 339 g/mol. The molecule has 9 heteroatoms. The summed E-state index contributed by atoms with van der Waals surface area (Å²) in [5.74, 6) is -1.76. The van der Waals surface area contributed by atoms with Gasteiger partial charge in [0.1, 0.15) is 12.4 Å². The van der Waals surface area contributed by atoms with Gasteiger partial charge in [0.05, 0.1) is 6.20 Å². The predicted octanol–water partition coefficient (Wildman–Crippen LogP) is 3.87. The second-order valence-corrected chi connectivity index (χ2v) is 4.72. The highest BCUT2D eigenvalue weighted by Crippen LogP contribution is 2.29. The monoisotopic (exact) mass is 339 g/mol. The maximum absolute atomic E-state index is 12.7. The lowest BCUT2D eigenvalue weighted by Crippen LogP contribution is -2.04. The van der Waals surface area contributed by atoms with E-state index in [0.29, 0.717) is 5.56 Å². The van der Waals surface area contributed by atoms with Gasteiger partial charge in [-0.2, -0.15) is 18.2 Å². The molecule has 0 fully saturated rings. The number of ether oxygens (including phenoxy) is 1. The summed E-state index contributed by atoms with van der Waals surface area (Å²) in [7, 11) is 0. The van der Waals surface area contributed by atoms with Crippen molar-refractivity contribution in [2.24, 2.45) is 0 Å². The van der Waals surface area contributed by atoms with Crippen LogP contribution in [0.15, 0.2) is 47.1 Å². The van der Waals surface area contributed by atoms with E-state index in [0.717, 1.165) is 11.8 Å². The molecule has 0 aliphatic carbocycles. The summed E-state index contributed by atoms with van der Waals surface area (Å²) >= 11 is 0. The molecule has 3 rings (SSSR count). The average Bonchev–Trinajstić information content (AvgIpc) is 3.05. The summed E-state index contributed by atoms with van der Waals surface area (Å²) in [5.41, 5.74) is 1.11. The van der Waals surface area contributed by atoms with Crippen molar-refractivity contribution in [2.75, 3.05) is 0 Å². The molecule has 2 heterocycles. The smallest absolute Gasteiger partial charge is 0.471 e. The molecule has 0 radical (unpaired) electrons. The number of hydrogen-bond donors (Lipinski definition) is 0. The first-order chi connectivity index (χ1) is 11.4. The molecule has 0 spiro atoms. The molecule has 5 nitrogen and oxygen atoms in total. The van der Waals surface area contributed by atoms with Crippen molar-refractivity contribution in [3.63, 3.8) is 0 Å². The van der Waals surface area contributed by atoms with Gasteiger partial charge in [0.15, 0.2) is 0 Å². The summed E-state index contributed by atoms with van der Waals surface area (Å²) in [6.07, 6.45) is -3.64. The summed E-state index contributed by atoms with van der Waals surface area (Å²) in [4.78, 5) is 7.05. The van der Waals surface area contributed by atoms with Gasteiger partial charge in [0, 0.05) is 11.6 Å². The zero-order chi connectivity index (χ0) is 17.2. The number of rotatable bonds is 4. The van der Waals surface area contributed by atoms with E-state index >= 15 is 0 Å². The van der Waals surface area contributed by atoms with E-state index in [1.54, 1.807) is 24.3 Å². The quantitative estimate of drug-likeness (QED) is 0.675. The SMILES string of the molecule is Fc1ccc(OCc2ccc(-c3noc(C(F)(F)F)n3)cc2)nc1. The predicted molar refractivity (Wildman–Crippen MR) is 73.3 cm³/mol. The van der Waals surface area contributed by atoms with E-state index in [4.69, 9.17) is 4.74 Å². The summed E-state index contributed by atoms with van der Waals surface area (Å²) in [5, 5.41) is 3.30. The first kappa shape index (κ1) is 15.9. The maximum atomic E-state index is 12.7. The second kappa shape index (κ2) is 6.26. The molecule has 0 atom stereocenters. The fraction of sp³-hybridized carbons (Fsp3) is 0.133. The Hall–Kier alpha value is -2.97. The first-order valence-corrected chi connectivity index (χ1v) is 6.66. The maximum Gasteiger partial charge on any atom is 0.471 e. The molecule has 0 aliphatic heterocycles. The van der Waals surface area contributed by atoms with Crippen LogP contribution < -0.4 is 4.74 Å². The molecule has 1 aromatic carbocycles.